The molecule has 0 aliphatic rings. The van der Waals surface area contributed by atoms with Crippen molar-refractivity contribution >= 4 is 40.5 Å². The first-order valence-corrected chi connectivity index (χ1v) is 9.62. The maximum atomic E-state index is 12.3. The van der Waals surface area contributed by atoms with Gasteiger partial charge in [-0.3, -0.25) is 14.9 Å². The lowest BCUT2D eigenvalue weighted by Crippen LogP contribution is -2.34. The van der Waals surface area contributed by atoms with Gasteiger partial charge in [-0.15, -0.1) is 0 Å². The molecule has 8 heteroatoms. The zero-order chi connectivity index (χ0) is 21.2. The Hall–Kier alpha value is -3.13. The van der Waals surface area contributed by atoms with Gasteiger partial charge in [0.1, 0.15) is 11.5 Å². The van der Waals surface area contributed by atoms with Crippen LogP contribution in [-0.4, -0.2) is 31.1 Å². The van der Waals surface area contributed by atoms with Crippen molar-refractivity contribution in [2.45, 2.75) is 26.2 Å². The molecule has 0 aliphatic heterocycles. The molecule has 0 bridgehead atoms. The number of nitrogens with one attached hydrogen (secondary N) is 3. The van der Waals surface area contributed by atoms with E-state index in [1.807, 2.05) is 6.92 Å². The third-order valence-corrected chi connectivity index (χ3v) is 4.27. The van der Waals surface area contributed by atoms with Crippen LogP contribution in [0.2, 0.25) is 0 Å². The summed E-state index contributed by atoms with van der Waals surface area (Å²) in [6.07, 6.45) is 2.24. The quantitative estimate of drug-likeness (QED) is 0.566. The predicted molar refractivity (Wildman–Crippen MR) is 118 cm³/mol. The van der Waals surface area contributed by atoms with E-state index in [-0.39, 0.29) is 16.9 Å². The number of hydrogen-bond acceptors (Lipinski definition) is 5. The molecule has 2 amide bonds. The van der Waals surface area contributed by atoms with Gasteiger partial charge in [0.15, 0.2) is 5.11 Å². The molecular weight excluding hydrogens is 390 g/mol. The van der Waals surface area contributed by atoms with Crippen molar-refractivity contribution in [1.29, 1.82) is 0 Å². The molecule has 0 saturated carbocycles. The number of methoxy groups -OCH3 is 2. The lowest BCUT2D eigenvalue weighted by atomic mass is 10.2. The van der Waals surface area contributed by atoms with Crippen LogP contribution in [0.4, 0.5) is 11.4 Å². The molecule has 0 saturated heterocycles. The number of anilines is 2. The molecule has 0 aromatic heterocycles. The largest absolute Gasteiger partial charge is 0.497 e. The molecule has 0 fully saturated rings. The summed E-state index contributed by atoms with van der Waals surface area (Å²) < 4.78 is 10.4. The summed E-state index contributed by atoms with van der Waals surface area (Å²) in [7, 11) is 3.08. The summed E-state index contributed by atoms with van der Waals surface area (Å²) in [5.74, 6) is 0.755. The Bertz CT molecular complexity index is 869. The second kappa shape index (κ2) is 11.0. The van der Waals surface area contributed by atoms with Gasteiger partial charge < -0.3 is 20.1 Å². The number of unbranched alkanes of at least 4 members (excludes halogenated alkanes) is 1. The number of carbonyl (C=O) groups excluding carboxylic acids is 2. The lowest BCUT2D eigenvalue weighted by molar-refractivity contribution is -0.116. The molecule has 3 N–H and O–H groups in total. The molecular formula is C21H25N3O4S. The molecule has 2 aromatic carbocycles. The fraction of sp³-hybridized carbons (Fsp3) is 0.286. The van der Waals surface area contributed by atoms with Crippen LogP contribution >= 0.6 is 12.2 Å². The molecule has 2 aromatic rings. The van der Waals surface area contributed by atoms with Crippen LogP contribution in [0.5, 0.6) is 11.5 Å². The van der Waals surface area contributed by atoms with Gasteiger partial charge >= 0.3 is 0 Å². The Morgan fingerprint density at radius 1 is 1.00 bits per heavy atom. The van der Waals surface area contributed by atoms with Crippen LogP contribution in [0.1, 0.15) is 36.5 Å². The van der Waals surface area contributed by atoms with Crippen LogP contribution in [0.25, 0.3) is 0 Å². The summed E-state index contributed by atoms with van der Waals surface area (Å²) in [5, 5.41) is 8.54. The molecule has 29 heavy (non-hydrogen) atoms. The molecule has 0 heterocycles. The van der Waals surface area contributed by atoms with Crippen molar-refractivity contribution in [2.75, 3.05) is 24.9 Å². The van der Waals surface area contributed by atoms with Gasteiger partial charge in [0, 0.05) is 23.7 Å². The highest BCUT2D eigenvalue weighted by Gasteiger charge is 2.11. The van der Waals surface area contributed by atoms with E-state index >= 15 is 0 Å². The zero-order valence-electron chi connectivity index (χ0n) is 16.7. The van der Waals surface area contributed by atoms with E-state index in [0.29, 0.717) is 34.9 Å². The second-order valence-electron chi connectivity index (χ2n) is 6.20. The SMILES string of the molecule is CCCCC(=O)Nc1ccc(NC(=S)NC(=O)c2ccc(OC)cc2)cc1OC. The number of amides is 2. The Kier molecular flexibility index (Phi) is 8.42. The van der Waals surface area contributed by atoms with E-state index in [9.17, 15) is 9.59 Å². The maximum Gasteiger partial charge on any atom is 0.257 e. The van der Waals surface area contributed by atoms with Gasteiger partial charge in [0.05, 0.1) is 19.9 Å². The third kappa shape index (κ3) is 6.76. The fourth-order valence-electron chi connectivity index (χ4n) is 2.50. The Morgan fingerprint density at radius 3 is 2.34 bits per heavy atom. The Labute approximate surface area is 175 Å². The second-order valence-corrected chi connectivity index (χ2v) is 6.61. The van der Waals surface area contributed by atoms with Gasteiger partial charge in [-0.1, -0.05) is 13.3 Å². The van der Waals surface area contributed by atoms with Gasteiger partial charge in [-0.2, -0.15) is 0 Å². The normalized spacial score (nSPS) is 10.0. The summed E-state index contributed by atoms with van der Waals surface area (Å²) in [4.78, 5) is 24.2. The lowest BCUT2D eigenvalue weighted by Gasteiger charge is -2.14. The first kappa shape index (κ1) is 22.2. The van der Waals surface area contributed by atoms with E-state index in [1.54, 1.807) is 49.6 Å². The Balaban J connectivity index is 1.98. The van der Waals surface area contributed by atoms with Crippen molar-refractivity contribution in [2.24, 2.45) is 0 Å². The average molecular weight is 416 g/mol. The summed E-state index contributed by atoms with van der Waals surface area (Å²) in [6, 6.07) is 11.9. The number of benzene rings is 2. The van der Waals surface area contributed by atoms with Crippen molar-refractivity contribution in [3.8, 4) is 11.5 Å². The molecule has 0 aliphatic carbocycles. The molecule has 0 atom stereocenters. The monoisotopic (exact) mass is 415 g/mol. The van der Waals surface area contributed by atoms with E-state index in [4.69, 9.17) is 21.7 Å². The minimum atomic E-state index is -0.336. The van der Waals surface area contributed by atoms with Crippen molar-refractivity contribution in [1.82, 2.24) is 5.32 Å². The molecule has 7 nitrogen and oxygen atoms in total. The summed E-state index contributed by atoms with van der Waals surface area (Å²) in [5.41, 5.74) is 1.65. The molecule has 2 rings (SSSR count). The fourth-order valence-corrected chi connectivity index (χ4v) is 2.71. The van der Waals surface area contributed by atoms with Gasteiger partial charge in [0.25, 0.3) is 5.91 Å². The first-order valence-electron chi connectivity index (χ1n) is 9.21. The van der Waals surface area contributed by atoms with Crippen LogP contribution < -0.4 is 25.4 Å². The van der Waals surface area contributed by atoms with Crippen LogP contribution in [0.3, 0.4) is 0 Å². The zero-order valence-corrected chi connectivity index (χ0v) is 17.5. The van der Waals surface area contributed by atoms with Gasteiger partial charge in [-0.25, -0.2) is 0 Å². The predicted octanol–water partition coefficient (Wildman–Crippen LogP) is 3.96. The minimum Gasteiger partial charge on any atom is -0.497 e. The van der Waals surface area contributed by atoms with Gasteiger partial charge in [0.2, 0.25) is 5.91 Å². The van der Waals surface area contributed by atoms with E-state index in [1.165, 1.54) is 7.11 Å². The molecule has 0 unspecified atom stereocenters. The van der Waals surface area contributed by atoms with E-state index in [0.717, 1.165) is 12.8 Å². The highest BCUT2D eigenvalue weighted by molar-refractivity contribution is 7.80. The number of rotatable bonds is 8. The first-order chi connectivity index (χ1) is 14.0. The van der Waals surface area contributed by atoms with Crippen LogP contribution in [0.15, 0.2) is 42.5 Å². The number of ether oxygens (including phenoxy) is 2. The van der Waals surface area contributed by atoms with Crippen molar-refractivity contribution in [3.63, 3.8) is 0 Å². The summed E-state index contributed by atoms with van der Waals surface area (Å²) in [6.45, 7) is 2.03. The van der Waals surface area contributed by atoms with E-state index in [2.05, 4.69) is 16.0 Å². The third-order valence-electron chi connectivity index (χ3n) is 4.07. The number of carbonyl (C=O) groups is 2. The van der Waals surface area contributed by atoms with E-state index < -0.39 is 0 Å². The molecule has 154 valence electrons. The smallest absolute Gasteiger partial charge is 0.257 e. The number of hydrogen-bond donors (Lipinski definition) is 3. The van der Waals surface area contributed by atoms with Crippen LogP contribution in [0, 0.1) is 0 Å². The number of thiocarbonyl (C=S) groups is 1. The topological polar surface area (TPSA) is 88.7 Å². The van der Waals surface area contributed by atoms with Crippen molar-refractivity contribution < 1.29 is 19.1 Å². The summed E-state index contributed by atoms with van der Waals surface area (Å²) >= 11 is 5.21. The van der Waals surface area contributed by atoms with Gasteiger partial charge in [-0.05, 0) is 55.0 Å². The molecule has 0 radical (unpaired) electrons. The Morgan fingerprint density at radius 2 is 1.72 bits per heavy atom. The minimum absolute atomic E-state index is 0.0619. The maximum absolute atomic E-state index is 12.3. The standard InChI is InChI=1S/C21H25N3O4S/c1-4-5-6-19(25)23-17-12-9-15(13-18(17)28-3)22-21(29)24-20(26)14-7-10-16(27-2)11-8-14/h7-13H,4-6H2,1-3H3,(H,23,25)(H2,22,24,26,29). The average Bonchev–Trinajstić information content (AvgIpc) is 2.73. The molecule has 0 spiro atoms. The van der Waals surface area contributed by atoms with Crippen LogP contribution in [-0.2, 0) is 4.79 Å². The highest BCUT2D eigenvalue weighted by Crippen LogP contribution is 2.28. The van der Waals surface area contributed by atoms with Crippen molar-refractivity contribution in [3.05, 3.63) is 48.0 Å². The highest BCUT2D eigenvalue weighted by atomic mass is 32.1.